The summed E-state index contributed by atoms with van der Waals surface area (Å²) in [5.41, 5.74) is 0.653. The first-order valence-corrected chi connectivity index (χ1v) is 9.94. The molecule has 0 spiro atoms. The molecule has 8 heteroatoms. The van der Waals surface area contributed by atoms with Gasteiger partial charge in [-0.1, -0.05) is 19.9 Å². The number of nitrogens with one attached hydrogen (secondary N) is 2. The minimum atomic E-state index is -0.179. The first-order valence-electron chi connectivity index (χ1n) is 8.18. The number of nitrogens with zero attached hydrogens (tertiary/aromatic N) is 1. The Labute approximate surface area is 155 Å². The number of amides is 2. The Morgan fingerprint density at radius 2 is 2.16 bits per heavy atom. The smallest absolute Gasteiger partial charge is 0.267 e. The normalized spacial score (nSPS) is 10.8. The maximum absolute atomic E-state index is 12.0. The number of anilines is 1. The van der Waals surface area contributed by atoms with Crippen LogP contribution in [0, 0.1) is 5.92 Å². The van der Waals surface area contributed by atoms with Gasteiger partial charge in [-0.2, -0.15) is 0 Å². The second kappa shape index (κ2) is 10.3. The van der Waals surface area contributed by atoms with Gasteiger partial charge >= 0.3 is 0 Å². The van der Waals surface area contributed by atoms with Gasteiger partial charge in [-0.05, 0) is 23.8 Å². The van der Waals surface area contributed by atoms with Gasteiger partial charge < -0.3 is 10.1 Å². The zero-order valence-corrected chi connectivity index (χ0v) is 16.0. The lowest BCUT2D eigenvalue weighted by molar-refractivity contribution is -0.120. The summed E-state index contributed by atoms with van der Waals surface area (Å²) < 4.78 is 5.46. The molecular weight excluding hydrogens is 358 g/mol. The van der Waals surface area contributed by atoms with E-state index in [1.807, 2.05) is 11.4 Å². The van der Waals surface area contributed by atoms with Crippen LogP contribution in [0.2, 0.25) is 0 Å². The Hall–Kier alpha value is -1.77. The van der Waals surface area contributed by atoms with E-state index in [9.17, 15) is 9.59 Å². The SMILES string of the molecule is CC(C)COCCCNC(=O)Cc1csc(NC(=O)c2cccs2)n1. The van der Waals surface area contributed by atoms with Crippen LogP contribution < -0.4 is 10.6 Å². The fourth-order valence-corrected chi connectivity index (χ4v) is 3.28. The van der Waals surface area contributed by atoms with Crippen LogP contribution in [0.15, 0.2) is 22.9 Å². The largest absolute Gasteiger partial charge is 0.381 e. The van der Waals surface area contributed by atoms with E-state index in [0.717, 1.165) is 13.0 Å². The summed E-state index contributed by atoms with van der Waals surface area (Å²) in [7, 11) is 0. The Kier molecular flexibility index (Phi) is 8.03. The van der Waals surface area contributed by atoms with E-state index in [0.29, 0.717) is 34.8 Å². The van der Waals surface area contributed by atoms with Crippen molar-refractivity contribution in [3.63, 3.8) is 0 Å². The van der Waals surface area contributed by atoms with E-state index < -0.39 is 0 Å². The third-order valence-electron chi connectivity index (χ3n) is 3.10. The number of rotatable bonds is 10. The number of thiophene rings is 1. The molecule has 2 heterocycles. The number of thiazole rings is 1. The van der Waals surface area contributed by atoms with Gasteiger partial charge in [-0.15, -0.1) is 22.7 Å². The molecule has 2 aromatic rings. The predicted octanol–water partition coefficient (Wildman–Crippen LogP) is 3.18. The Morgan fingerprint density at radius 1 is 1.32 bits per heavy atom. The maximum Gasteiger partial charge on any atom is 0.267 e. The first-order chi connectivity index (χ1) is 12.0. The fraction of sp³-hybridized carbons (Fsp3) is 0.471. The summed E-state index contributed by atoms with van der Waals surface area (Å²) in [6.07, 6.45) is 0.996. The highest BCUT2D eigenvalue weighted by Crippen LogP contribution is 2.18. The van der Waals surface area contributed by atoms with Crippen molar-refractivity contribution in [1.82, 2.24) is 10.3 Å². The van der Waals surface area contributed by atoms with Gasteiger partial charge in [0.1, 0.15) is 0 Å². The van der Waals surface area contributed by atoms with Crippen LogP contribution in [-0.4, -0.2) is 36.6 Å². The molecule has 0 aromatic carbocycles. The lowest BCUT2D eigenvalue weighted by Crippen LogP contribution is -2.27. The summed E-state index contributed by atoms with van der Waals surface area (Å²) in [5.74, 6) is 0.265. The summed E-state index contributed by atoms with van der Waals surface area (Å²) in [5, 5.41) is 9.73. The lowest BCUT2D eigenvalue weighted by atomic mass is 10.2. The second-order valence-corrected chi connectivity index (χ2v) is 7.73. The number of carbonyl (C=O) groups is 2. The molecule has 0 aliphatic heterocycles. The van der Waals surface area contributed by atoms with Crippen molar-refractivity contribution in [2.45, 2.75) is 26.7 Å². The molecule has 0 aliphatic rings. The number of hydrogen-bond donors (Lipinski definition) is 2. The minimum absolute atomic E-state index is 0.0784. The average Bonchev–Trinajstić information content (AvgIpc) is 3.22. The van der Waals surface area contributed by atoms with Crippen molar-refractivity contribution in [3.05, 3.63) is 33.5 Å². The third kappa shape index (κ3) is 7.33. The fourth-order valence-electron chi connectivity index (χ4n) is 1.96. The summed E-state index contributed by atoms with van der Waals surface area (Å²) in [6, 6.07) is 3.58. The molecule has 0 saturated carbocycles. The Balaban J connectivity index is 1.66. The van der Waals surface area contributed by atoms with Gasteiger partial charge in [0.05, 0.1) is 17.0 Å². The molecule has 0 saturated heterocycles. The van der Waals surface area contributed by atoms with E-state index in [4.69, 9.17) is 4.74 Å². The van der Waals surface area contributed by atoms with Crippen molar-refractivity contribution >= 4 is 39.6 Å². The molecule has 0 radical (unpaired) electrons. The van der Waals surface area contributed by atoms with Gasteiger partial charge in [-0.25, -0.2) is 4.98 Å². The van der Waals surface area contributed by atoms with Crippen molar-refractivity contribution in [2.24, 2.45) is 5.92 Å². The number of ether oxygens (including phenoxy) is 1. The Bertz CT molecular complexity index is 668. The summed E-state index contributed by atoms with van der Waals surface area (Å²) in [4.78, 5) is 28.8. The number of hydrogen-bond acceptors (Lipinski definition) is 6. The predicted molar refractivity (Wildman–Crippen MR) is 101 cm³/mol. The standard InChI is InChI=1S/C17H23N3O3S2/c1-12(2)10-23-7-4-6-18-15(21)9-13-11-25-17(19-13)20-16(22)14-5-3-8-24-14/h3,5,8,11-12H,4,6-7,9-10H2,1-2H3,(H,18,21)(H,19,20,22). The van der Waals surface area contributed by atoms with Crippen LogP contribution >= 0.6 is 22.7 Å². The van der Waals surface area contributed by atoms with Crippen molar-refractivity contribution in [3.8, 4) is 0 Å². The molecule has 2 aromatic heterocycles. The molecule has 0 unspecified atom stereocenters. The number of aromatic nitrogens is 1. The second-order valence-electron chi connectivity index (χ2n) is 5.92. The van der Waals surface area contributed by atoms with Crippen LogP contribution in [0.1, 0.15) is 35.6 Å². The summed E-state index contributed by atoms with van der Waals surface area (Å²) >= 11 is 2.69. The lowest BCUT2D eigenvalue weighted by Gasteiger charge is -2.07. The van der Waals surface area contributed by atoms with E-state index >= 15 is 0 Å². The molecule has 2 amide bonds. The van der Waals surface area contributed by atoms with Gasteiger partial charge in [0, 0.05) is 25.1 Å². The highest BCUT2D eigenvalue weighted by atomic mass is 32.1. The van der Waals surface area contributed by atoms with Crippen LogP contribution in [0.25, 0.3) is 0 Å². The molecule has 0 fully saturated rings. The average molecular weight is 382 g/mol. The molecule has 136 valence electrons. The molecule has 0 aliphatic carbocycles. The molecule has 0 bridgehead atoms. The van der Waals surface area contributed by atoms with Crippen molar-refractivity contribution in [2.75, 3.05) is 25.1 Å². The van der Waals surface area contributed by atoms with Gasteiger partial charge in [0.25, 0.3) is 5.91 Å². The van der Waals surface area contributed by atoms with Crippen LogP contribution in [0.5, 0.6) is 0 Å². The van der Waals surface area contributed by atoms with Crippen molar-refractivity contribution in [1.29, 1.82) is 0 Å². The van der Waals surface area contributed by atoms with Crippen LogP contribution in [0.3, 0.4) is 0 Å². The maximum atomic E-state index is 12.0. The third-order valence-corrected chi connectivity index (χ3v) is 4.77. The van der Waals surface area contributed by atoms with E-state index in [1.165, 1.54) is 22.7 Å². The van der Waals surface area contributed by atoms with E-state index in [1.54, 1.807) is 11.4 Å². The topological polar surface area (TPSA) is 80.3 Å². The summed E-state index contributed by atoms with van der Waals surface area (Å²) in [6.45, 7) is 6.18. The molecule has 25 heavy (non-hydrogen) atoms. The number of carbonyl (C=O) groups excluding carboxylic acids is 2. The van der Waals surface area contributed by atoms with E-state index in [2.05, 4.69) is 29.5 Å². The zero-order valence-electron chi connectivity index (χ0n) is 14.4. The van der Waals surface area contributed by atoms with Gasteiger partial charge in [0.2, 0.25) is 5.91 Å². The molecule has 6 nitrogen and oxygen atoms in total. The van der Waals surface area contributed by atoms with Gasteiger partial charge in [-0.3, -0.25) is 14.9 Å². The Morgan fingerprint density at radius 3 is 2.88 bits per heavy atom. The van der Waals surface area contributed by atoms with Gasteiger partial charge in [0.15, 0.2) is 5.13 Å². The van der Waals surface area contributed by atoms with E-state index in [-0.39, 0.29) is 18.2 Å². The molecule has 2 rings (SSSR count). The minimum Gasteiger partial charge on any atom is -0.381 e. The van der Waals surface area contributed by atoms with Crippen molar-refractivity contribution < 1.29 is 14.3 Å². The zero-order chi connectivity index (χ0) is 18.1. The van der Waals surface area contributed by atoms with Crippen LogP contribution in [0.4, 0.5) is 5.13 Å². The highest BCUT2D eigenvalue weighted by molar-refractivity contribution is 7.14. The molecule has 0 atom stereocenters. The molecule has 2 N–H and O–H groups in total. The monoisotopic (exact) mass is 381 g/mol. The quantitative estimate of drug-likeness (QED) is 0.620. The highest BCUT2D eigenvalue weighted by Gasteiger charge is 2.11. The van der Waals surface area contributed by atoms with Crippen LogP contribution in [-0.2, 0) is 16.0 Å². The first kappa shape index (κ1) is 19.6. The molecular formula is C17H23N3O3S2.